The molecule has 18 heavy (non-hydrogen) atoms. The lowest BCUT2D eigenvalue weighted by atomic mass is 9.70. The van der Waals surface area contributed by atoms with E-state index in [1.165, 1.54) is 0 Å². The summed E-state index contributed by atoms with van der Waals surface area (Å²) in [4.78, 5) is 14.8. The standard InChI is InChI=1S/C14H16BrNO2/c1-9-7-11(15)12(10(2)13(9)18-3)14(16-8-17)5-4-6-14/h7H,4-6H2,1-3H3. The Morgan fingerprint density at radius 1 is 1.44 bits per heavy atom. The van der Waals surface area contributed by atoms with Gasteiger partial charge in [-0.3, -0.25) is 0 Å². The fraction of sp³-hybridized carbons (Fsp3) is 0.500. The first-order chi connectivity index (χ1) is 8.55. The smallest absolute Gasteiger partial charge is 0.235 e. The highest BCUT2D eigenvalue weighted by molar-refractivity contribution is 9.10. The van der Waals surface area contributed by atoms with Crippen molar-refractivity contribution in [2.24, 2.45) is 4.99 Å². The van der Waals surface area contributed by atoms with Crippen LogP contribution in [0.15, 0.2) is 15.5 Å². The molecule has 1 aliphatic rings. The molecule has 1 aromatic rings. The van der Waals surface area contributed by atoms with E-state index in [4.69, 9.17) is 4.74 Å². The molecule has 0 aliphatic heterocycles. The molecular weight excluding hydrogens is 294 g/mol. The second-order valence-electron chi connectivity index (χ2n) is 4.80. The molecule has 3 nitrogen and oxygen atoms in total. The fourth-order valence-corrected chi connectivity index (χ4v) is 3.83. The quantitative estimate of drug-likeness (QED) is 0.629. The largest absolute Gasteiger partial charge is 0.496 e. The number of benzene rings is 1. The summed E-state index contributed by atoms with van der Waals surface area (Å²) < 4.78 is 6.45. The number of aliphatic imine (C=N–C) groups is 1. The molecule has 0 N–H and O–H groups in total. The van der Waals surface area contributed by atoms with Crippen molar-refractivity contribution in [1.29, 1.82) is 0 Å². The van der Waals surface area contributed by atoms with Crippen LogP contribution in [-0.4, -0.2) is 13.2 Å². The normalized spacial score (nSPS) is 16.7. The van der Waals surface area contributed by atoms with E-state index in [9.17, 15) is 4.79 Å². The van der Waals surface area contributed by atoms with Crippen LogP contribution in [0.1, 0.15) is 36.0 Å². The van der Waals surface area contributed by atoms with E-state index in [0.717, 1.165) is 46.2 Å². The highest BCUT2D eigenvalue weighted by Crippen LogP contribution is 2.50. The van der Waals surface area contributed by atoms with E-state index in [0.29, 0.717) is 0 Å². The third-order valence-corrected chi connectivity index (χ3v) is 4.39. The molecule has 0 amide bonds. The lowest BCUT2D eigenvalue weighted by molar-refractivity contribution is 0.252. The Morgan fingerprint density at radius 3 is 2.56 bits per heavy atom. The predicted octanol–water partition coefficient (Wildman–Crippen LogP) is 3.79. The Hall–Kier alpha value is -1.12. The van der Waals surface area contributed by atoms with E-state index in [1.54, 1.807) is 13.2 Å². The zero-order valence-electron chi connectivity index (χ0n) is 10.8. The number of halogens is 1. The van der Waals surface area contributed by atoms with Gasteiger partial charge in [0.1, 0.15) is 5.75 Å². The Kier molecular flexibility index (Phi) is 3.60. The van der Waals surface area contributed by atoms with Gasteiger partial charge >= 0.3 is 0 Å². The molecule has 0 radical (unpaired) electrons. The van der Waals surface area contributed by atoms with E-state index >= 15 is 0 Å². The van der Waals surface area contributed by atoms with Crippen molar-refractivity contribution in [3.05, 3.63) is 27.2 Å². The molecule has 2 rings (SSSR count). The maximum atomic E-state index is 10.7. The van der Waals surface area contributed by atoms with Crippen LogP contribution in [0.4, 0.5) is 0 Å². The minimum atomic E-state index is -0.397. The monoisotopic (exact) mass is 309 g/mol. The summed E-state index contributed by atoms with van der Waals surface area (Å²) in [5, 5.41) is 0. The zero-order valence-corrected chi connectivity index (χ0v) is 12.4. The van der Waals surface area contributed by atoms with E-state index in [2.05, 4.69) is 20.9 Å². The van der Waals surface area contributed by atoms with Crippen molar-refractivity contribution >= 4 is 22.0 Å². The minimum Gasteiger partial charge on any atom is -0.496 e. The van der Waals surface area contributed by atoms with Crippen molar-refractivity contribution in [3.8, 4) is 5.75 Å². The molecule has 4 heteroatoms. The van der Waals surface area contributed by atoms with Gasteiger partial charge in [0.15, 0.2) is 0 Å². The van der Waals surface area contributed by atoms with Crippen LogP contribution in [0.2, 0.25) is 0 Å². The number of hydrogen-bond acceptors (Lipinski definition) is 3. The van der Waals surface area contributed by atoms with Crippen molar-refractivity contribution in [2.45, 2.75) is 38.6 Å². The predicted molar refractivity (Wildman–Crippen MR) is 73.8 cm³/mol. The minimum absolute atomic E-state index is 0.397. The molecule has 0 bridgehead atoms. The number of isocyanates is 1. The van der Waals surface area contributed by atoms with Gasteiger partial charge in [-0.2, -0.15) is 4.99 Å². The zero-order chi connectivity index (χ0) is 13.3. The lowest BCUT2D eigenvalue weighted by Gasteiger charge is -2.39. The highest BCUT2D eigenvalue weighted by Gasteiger charge is 2.42. The molecule has 1 aliphatic carbocycles. The van der Waals surface area contributed by atoms with Crippen LogP contribution in [0.5, 0.6) is 5.75 Å². The van der Waals surface area contributed by atoms with Crippen LogP contribution in [0.25, 0.3) is 0 Å². The van der Waals surface area contributed by atoms with Gasteiger partial charge in [0.05, 0.1) is 12.6 Å². The molecule has 0 atom stereocenters. The van der Waals surface area contributed by atoms with Gasteiger partial charge in [-0.15, -0.1) is 0 Å². The molecule has 1 fully saturated rings. The van der Waals surface area contributed by atoms with E-state index in [-0.39, 0.29) is 0 Å². The molecule has 0 spiro atoms. The van der Waals surface area contributed by atoms with Gasteiger partial charge in [-0.1, -0.05) is 15.9 Å². The fourth-order valence-electron chi connectivity index (χ4n) is 2.82. The van der Waals surface area contributed by atoms with E-state index in [1.807, 2.05) is 19.9 Å². The highest BCUT2D eigenvalue weighted by atomic mass is 79.9. The van der Waals surface area contributed by atoms with Gasteiger partial charge < -0.3 is 4.74 Å². The summed E-state index contributed by atoms with van der Waals surface area (Å²) in [6, 6.07) is 2.03. The lowest BCUT2D eigenvalue weighted by Crippen LogP contribution is -2.33. The summed E-state index contributed by atoms with van der Waals surface area (Å²) in [6.45, 7) is 4.03. The second kappa shape index (κ2) is 4.87. The Bertz CT molecular complexity index is 529. The maximum absolute atomic E-state index is 10.7. The number of carbonyl (C=O) groups excluding carboxylic acids is 1. The summed E-state index contributed by atoms with van der Waals surface area (Å²) in [7, 11) is 1.67. The van der Waals surface area contributed by atoms with E-state index < -0.39 is 5.54 Å². The maximum Gasteiger partial charge on any atom is 0.235 e. The first-order valence-corrected chi connectivity index (χ1v) is 6.78. The van der Waals surface area contributed by atoms with Crippen molar-refractivity contribution in [2.75, 3.05) is 7.11 Å². The third kappa shape index (κ3) is 1.90. The summed E-state index contributed by atoms with van der Waals surface area (Å²) in [6.07, 6.45) is 4.61. The summed E-state index contributed by atoms with van der Waals surface area (Å²) in [5.41, 5.74) is 2.81. The third-order valence-electron chi connectivity index (χ3n) is 3.77. The molecular formula is C14H16BrNO2. The van der Waals surface area contributed by atoms with Gasteiger partial charge in [-0.25, -0.2) is 4.79 Å². The number of methoxy groups -OCH3 is 1. The molecule has 0 aromatic heterocycles. The van der Waals surface area contributed by atoms with Gasteiger partial charge in [0, 0.05) is 10.0 Å². The van der Waals surface area contributed by atoms with Gasteiger partial charge in [-0.05, 0) is 50.3 Å². The SMILES string of the molecule is COc1c(C)cc(Br)c(C2(N=C=O)CCC2)c1C. The molecule has 0 heterocycles. The molecule has 1 saturated carbocycles. The number of nitrogens with zero attached hydrogens (tertiary/aromatic N) is 1. The average molecular weight is 310 g/mol. The summed E-state index contributed by atoms with van der Waals surface area (Å²) >= 11 is 3.60. The Morgan fingerprint density at radius 2 is 2.11 bits per heavy atom. The van der Waals surface area contributed by atoms with Gasteiger partial charge in [0.25, 0.3) is 0 Å². The summed E-state index contributed by atoms with van der Waals surface area (Å²) in [5.74, 6) is 0.876. The van der Waals surface area contributed by atoms with Crippen LogP contribution in [0, 0.1) is 13.8 Å². The van der Waals surface area contributed by atoms with Gasteiger partial charge in [0.2, 0.25) is 6.08 Å². The van der Waals surface area contributed by atoms with Crippen molar-refractivity contribution in [3.63, 3.8) is 0 Å². The topological polar surface area (TPSA) is 38.7 Å². The van der Waals surface area contributed by atoms with Crippen LogP contribution in [-0.2, 0) is 10.3 Å². The second-order valence-corrected chi connectivity index (χ2v) is 5.65. The molecule has 0 saturated heterocycles. The first kappa shape index (κ1) is 13.3. The first-order valence-electron chi connectivity index (χ1n) is 5.99. The van der Waals surface area contributed by atoms with Crippen LogP contribution in [0.3, 0.4) is 0 Å². The average Bonchev–Trinajstić information content (AvgIpc) is 2.25. The molecule has 1 aromatic carbocycles. The van der Waals surface area contributed by atoms with Crippen molar-refractivity contribution in [1.82, 2.24) is 0 Å². The Labute approximate surface area is 115 Å². The molecule has 96 valence electrons. The number of ether oxygens (including phenoxy) is 1. The number of rotatable bonds is 3. The van der Waals surface area contributed by atoms with Crippen molar-refractivity contribution < 1.29 is 9.53 Å². The van der Waals surface area contributed by atoms with Crippen LogP contribution < -0.4 is 4.74 Å². The Balaban J connectivity index is 2.67. The number of hydrogen-bond donors (Lipinski definition) is 0. The number of aryl methyl sites for hydroxylation is 1. The molecule has 0 unspecified atom stereocenters. The van der Waals surface area contributed by atoms with Crippen LogP contribution >= 0.6 is 15.9 Å².